The number of para-hydroxylation sites is 1. The Morgan fingerprint density at radius 2 is 1.47 bits per heavy atom. The van der Waals surface area contributed by atoms with Crippen LogP contribution >= 0.6 is 0 Å². The summed E-state index contributed by atoms with van der Waals surface area (Å²) in [5, 5.41) is 6.68. The highest BCUT2D eigenvalue weighted by Crippen LogP contribution is 2.27. The van der Waals surface area contributed by atoms with Crippen molar-refractivity contribution in [1.82, 2.24) is 4.57 Å². The highest BCUT2D eigenvalue weighted by molar-refractivity contribution is 5.96. The molecule has 2 amide bonds. The lowest BCUT2D eigenvalue weighted by Gasteiger charge is -2.10. The Labute approximate surface area is 198 Å². The van der Waals surface area contributed by atoms with E-state index < -0.39 is 0 Å². The SMILES string of the molecule is COc1cc(Cn2cc(CC(=O)Nc3ccc(NC(C)=O)cc3)c3ccccc32)cc(OC)c1. The first-order valence-corrected chi connectivity index (χ1v) is 10.9. The minimum Gasteiger partial charge on any atom is -0.497 e. The van der Waals surface area contributed by atoms with Crippen molar-refractivity contribution in [3.8, 4) is 11.5 Å². The average Bonchev–Trinajstić information content (AvgIpc) is 3.16. The van der Waals surface area contributed by atoms with E-state index in [9.17, 15) is 9.59 Å². The molecule has 0 unspecified atom stereocenters. The predicted octanol–water partition coefficient (Wildman–Crippen LogP) is 4.85. The number of methoxy groups -OCH3 is 2. The summed E-state index contributed by atoms with van der Waals surface area (Å²) in [6.45, 7) is 2.07. The van der Waals surface area contributed by atoms with Gasteiger partial charge in [0, 0.05) is 48.0 Å². The van der Waals surface area contributed by atoms with Gasteiger partial charge in [-0.05, 0) is 53.6 Å². The lowest BCUT2D eigenvalue weighted by Crippen LogP contribution is -2.14. The second-order valence-electron chi connectivity index (χ2n) is 8.00. The van der Waals surface area contributed by atoms with Crippen molar-refractivity contribution in [2.24, 2.45) is 0 Å². The van der Waals surface area contributed by atoms with Gasteiger partial charge in [0.05, 0.1) is 20.6 Å². The van der Waals surface area contributed by atoms with E-state index in [0.717, 1.165) is 33.5 Å². The quantitative estimate of drug-likeness (QED) is 0.396. The zero-order chi connectivity index (χ0) is 24.1. The Morgan fingerprint density at radius 1 is 0.853 bits per heavy atom. The number of aromatic nitrogens is 1. The number of hydrogen-bond acceptors (Lipinski definition) is 4. The number of amides is 2. The minimum atomic E-state index is -0.138. The summed E-state index contributed by atoms with van der Waals surface area (Å²) in [5.41, 5.74) is 4.38. The fraction of sp³-hybridized carbons (Fsp3) is 0.185. The van der Waals surface area contributed by atoms with E-state index in [1.165, 1.54) is 6.92 Å². The molecule has 0 aliphatic rings. The standard InChI is InChI=1S/C27H27N3O4/c1-18(31)28-21-8-10-22(11-9-21)29-27(32)14-20-17-30(26-7-5-4-6-25(20)26)16-19-12-23(33-2)15-24(13-19)34-3/h4-13,15,17H,14,16H2,1-3H3,(H,28,31)(H,29,32). The Morgan fingerprint density at radius 3 is 2.09 bits per heavy atom. The minimum absolute atomic E-state index is 0.113. The third kappa shape index (κ3) is 5.38. The van der Waals surface area contributed by atoms with Crippen LogP contribution in [-0.4, -0.2) is 30.6 Å². The molecular formula is C27H27N3O4. The molecule has 34 heavy (non-hydrogen) atoms. The van der Waals surface area contributed by atoms with Crippen LogP contribution in [0.5, 0.6) is 11.5 Å². The van der Waals surface area contributed by atoms with E-state index in [1.54, 1.807) is 38.5 Å². The number of ether oxygens (including phenoxy) is 2. The van der Waals surface area contributed by atoms with Gasteiger partial charge in [-0.2, -0.15) is 0 Å². The third-order valence-corrected chi connectivity index (χ3v) is 5.48. The molecule has 7 nitrogen and oxygen atoms in total. The Hall–Kier alpha value is -4.26. The van der Waals surface area contributed by atoms with Crippen LogP contribution < -0.4 is 20.1 Å². The van der Waals surface area contributed by atoms with E-state index in [4.69, 9.17) is 9.47 Å². The molecule has 1 aromatic heterocycles. The summed E-state index contributed by atoms with van der Waals surface area (Å²) in [6, 6.07) is 20.9. The molecule has 0 aliphatic heterocycles. The molecule has 4 aromatic rings. The Kier molecular flexibility index (Phi) is 6.82. The van der Waals surface area contributed by atoms with Gasteiger partial charge in [-0.25, -0.2) is 0 Å². The molecule has 7 heteroatoms. The highest BCUT2D eigenvalue weighted by Gasteiger charge is 2.13. The predicted molar refractivity (Wildman–Crippen MR) is 134 cm³/mol. The molecule has 0 atom stereocenters. The second kappa shape index (κ2) is 10.1. The molecule has 0 saturated heterocycles. The number of carbonyl (C=O) groups is 2. The van der Waals surface area contributed by atoms with E-state index in [2.05, 4.69) is 21.3 Å². The van der Waals surface area contributed by atoms with Gasteiger partial charge in [0.15, 0.2) is 0 Å². The zero-order valence-corrected chi connectivity index (χ0v) is 19.4. The fourth-order valence-corrected chi connectivity index (χ4v) is 3.97. The van der Waals surface area contributed by atoms with Gasteiger partial charge in [-0.3, -0.25) is 9.59 Å². The first kappa shape index (κ1) is 22.9. The van der Waals surface area contributed by atoms with Crippen molar-refractivity contribution >= 4 is 34.1 Å². The molecular weight excluding hydrogens is 430 g/mol. The molecule has 1 heterocycles. The first-order valence-electron chi connectivity index (χ1n) is 10.9. The lowest BCUT2D eigenvalue weighted by atomic mass is 10.1. The van der Waals surface area contributed by atoms with Crippen molar-refractivity contribution in [3.63, 3.8) is 0 Å². The van der Waals surface area contributed by atoms with E-state index >= 15 is 0 Å². The zero-order valence-electron chi connectivity index (χ0n) is 19.4. The molecule has 174 valence electrons. The summed E-state index contributed by atoms with van der Waals surface area (Å²) < 4.78 is 12.9. The average molecular weight is 458 g/mol. The molecule has 3 aromatic carbocycles. The third-order valence-electron chi connectivity index (χ3n) is 5.48. The van der Waals surface area contributed by atoms with Crippen LogP contribution in [-0.2, 0) is 22.6 Å². The van der Waals surface area contributed by atoms with Crippen molar-refractivity contribution in [2.75, 3.05) is 24.9 Å². The summed E-state index contributed by atoms with van der Waals surface area (Å²) in [6.07, 6.45) is 2.26. The van der Waals surface area contributed by atoms with Crippen LogP contribution in [0.15, 0.2) is 72.9 Å². The Balaban J connectivity index is 1.54. The summed E-state index contributed by atoms with van der Waals surface area (Å²) >= 11 is 0. The number of nitrogens with one attached hydrogen (secondary N) is 2. The number of carbonyl (C=O) groups excluding carboxylic acids is 2. The van der Waals surface area contributed by atoms with Gasteiger partial charge in [0.1, 0.15) is 11.5 Å². The van der Waals surface area contributed by atoms with Crippen LogP contribution in [0.3, 0.4) is 0 Å². The number of fused-ring (bicyclic) bond motifs is 1. The van der Waals surface area contributed by atoms with Gasteiger partial charge >= 0.3 is 0 Å². The molecule has 0 aliphatic carbocycles. The van der Waals surface area contributed by atoms with Gasteiger partial charge in [0.2, 0.25) is 11.8 Å². The smallest absolute Gasteiger partial charge is 0.228 e. The Bertz CT molecular complexity index is 1300. The summed E-state index contributed by atoms with van der Waals surface area (Å²) in [5.74, 6) is 1.21. The normalized spacial score (nSPS) is 10.7. The van der Waals surface area contributed by atoms with Crippen LogP contribution in [0.2, 0.25) is 0 Å². The van der Waals surface area contributed by atoms with Gasteiger partial charge in [-0.15, -0.1) is 0 Å². The van der Waals surface area contributed by atoms with Gasteiger partial charge in [0.25, 0.3) is 0 Å². The molecule has 0 bridgehead atoms. The van der Waals surface area contributed by atoms with Crippen molar-refractivity contribution in [1.29, 1.82) is 0 Å². The molecule has 0 radical (unpaired) electrons. The van der Waals surface area contributed by atoms with E-state index in [-0.39, 0.29) is 18.2 Å². The molecule has 0 fully saturated rings. The lowest BCUT2D eigenvalue weighted by molar-refractivity contribution is -0.116. The molecule has 0 saturated carbocycles. The second-order valence-corrected chi connectivity index (χ2v) is 8.00. The topological polar surface area (TPSA) is 81.6 Å². The highest BCUT2D eigenvalue weighted by atomic mass is 16.5. The van der Waals surface area contributed by atoms with E-state index in [0.29, 0.717) is 17.9 Å². The number of anilines is 2. The summed E-state index contributed by atoms with van der Waals surface area (Å²) in [7, 11) is 3.27. The monoisotopic (exact) mass is 457 g/mol. The largest absolute Gasteiger partial charge is 0.497 e. The number of hydrogen-bond donors (Lipinski definition) is 2. The number of nitrogens with zero attached hydrogens (tertiary/aromatic N) is 1. The van der Waals surface area contributed by atoms with Crippen molar-refractivity contribution < 1.29 is 19.1 Å². The van der Waals surface area contributed by atoms with Crippen LogP contribution in [0.1, 0.15) is 18.1 Å². The maximum Gasteiger partial charge on any atom is 0.228 e. The van der Waals surface area contributed by atoms with E-state index in [1.807, 2.05) is 42.6 Å². The number of benzene rings is 3. The van der Waals surface area contributed by atoms with Crippen LogP contribution in [0, 0.1) is 0 Å². The van der Waals surface area contributed by atoms with Crippen LogP contribution in [0.4, 0.5) is 11.4 Å². The molecule has 4 rings (SSSR count). The van der Waals surface area contributed by atoms with Gasteiger partial charge < -0.3 is 24.7 Å². The summed E-state index contributed by atoms with van der Waals surface area (Å²) in [4.78, 5) is 24.0. The maximum atomic E-state index is 12.8. The molecule has 0 spiro atoms. The van der Waals surface area contributed by atoms with Crippen molar-refractivity contribution in [2.45, 2.75) is 19.9 Å². The first-order chi connectivity index (χ1) is 16.4. The maximum absolute atomic E-state index is 12.8. The number of rotatable bonds is 8. The fourth-order valence-electron chi connectivity index (χ4n) is 3.97. The van der Waals surface area contributed by atoms with Crippen LogP contribution in [0.25, 0.3) is 10.9 Å². The van der Waals surface area contributed by atoms with Crippen molar-refractivity contribution in [3.05, 3.63) is 84.1 Å². The molecule has 2 N–H and O–H groups in total. The van der Waals surface area contributed by atoms with Gasteiger partial charge in [-0.1, -0.05) is 18.2 Å².